The van der Waals surface area contributed by atoms with Crippen molar-refractivity contribution in [2.45, 2.75) is 13.5 Å². The van der Waals surface area contributed by atoms with E-state index < -0.39 is 0 Å². The number of ether oxygens (including phenoxy) is 1. The Bertz CT molecular complexity index is 770. The van der Waals surface area contributed by atoms with Gasteiger partial charge in [-0.15, -0.1) is 0 Å². The second-order valence-corrected chi connectivity index (χ2v) is 4.64. The lowest BCUT2D eigenvalue weighted by molar-refractivity contribution is 0.241. The van der Waals surface area contributed by atoms with Gasteiger partial charge in [0.25, 0.3) is 5.89 Å². The smallest absolute Gasteiger partial charge is 0.264 e. The van der Waals surface area contributed by atoms with Gasteiger partial charge in [0.05, 0.1) is 0 Å². The molecular weight excluding hydrogens is 298 g/mol. The van der Waals surface area contributed by atoms with Crippen LogP contribution in [0.1, 0.15) is 11.5 Å². The first-order valence-corrected chi connectivity index (χ1v) is 6.31. The summed E-state index contributed by atoms with van der Waals surface area (Å²) in [5.74, 6) is 1.25. The quantitative estimate of drug-likeness (QED) is 0.780. The van der Waals surface area contributed by atoms with Crippen molar-refractivity contribution in [1.29, 1.82) is 0 Å². The molecule has 0 saturated heterocycles. The summed E-state index contributed by atoms with van der Waals surface area (Å²) in [5, 5.41) is 11.4. The molecule has 1 aromatic carbocycles. The first-order valence-electron chi connectivity index (χ1n) is 5.93. The minimum absolute atomic E-state index is 0.0943. The molecule has 3 aromatic rings. The molecule has 0 saturated carbocycles. The highest BCUT2D eigenvalue weighted by Gasteiger charge is 2.16. The van der Waals surface area contributed by atoms with Crippen LogP contribution in [0.25, 0.3) is 11.5 Å². The molecule has 0 radical (unpaired) electrons. The topological polar surface area (TPSA) is 113 Å². The number of nitrogens with zero attached hydrogens (tertiary/aromatic N) is 4. The van der Waals surface area contributed by atoms with Gasteiger partial charge >= 0.3 is 0 Å². The molecule has 0 spiro atoms. The Hall–Kier alpha value is -2.61. The van der Waals surface area contributed by atoms with Crippen LogP contribution in [-0.4, -0.2) is 20.5 Å². The van der Waals surface area contributed by atoms with Gasteiger partial charge in [-0.1, -0.05) is 16.8 Å². The van der Waals surface area contributed by atoms with Crippen molar-refractivity contribution >= 4 is 17.4 Å². The Balaban J connectivity index is 1.72. The van der Waals surface area contributed by atoms with Crippen molar-refractivity contribution in [2.75, 3.05) is 5.73 Å². The largest absolute Gasteiger partial charge is 0.483 e. The van der Waals surface area contributed by atoms with Gasteiger partial charge in [0, 0.05) is 5.02 Å². The lowest BCUT2D eigenvalue weighted by atomic mass is 10.2. The van der Waals surface area contributed by atoms with Crippen molar-refractivity contribution < 1.29 is 13.9 Å². The van der Waals surface area contributed by atoms with Gasteiger partial charge in [0.2, 0.25) is 5.82 Å². The summed E-state index contributed by atoms with van der Waals surface area (Å²) in [4.78, 5) is 4.10. The summed E-state index contributed by atoms with van der Waals surface area (Å²) < 4.78 is 15.1. The Morgan fingerprint density at radius 2 is 2.14 bits per heavy atom. The minimum atomic E-state index is 0.0943. The summed E-state index contributed by atoms with van der Waals surface area (Å²) in [5.41, 5.74) is 6.69. The number of anilines is 1. The fourth-order valence-electron chi connectivity index (χ4n) is 1.67. The summed E-state index contributed by atoms with van der Waals surface area (Å²) in [7, 11) is 0. The molecule has 0 amide bonds. The van der Waals surface area contributed by atoms with E-state index in [-0.39, 0.29) is 29.8 Å². The summed E-state index contributed by atoms with van der Waals surface area (Å²) in [6.45, 7) is 2.00. The molecule has 0 bridgehead atoms. The Morgan fingerprint density at radius 1 is 1.29 bits per heavy atom. The maximum absolute atomic E-state index is 5.88. The van der Waals surface area contributed by atoms with E-state index in [1.165, 1.54) is 0 Å². The van der Waals surface area contributed by atoms with Crippen LogP contribution in [0.4, 0.5) is 5.82 Å². The lowest BCUT2D eigenvalue weighted by Gasteiger charge is -2.06. The van der Waals surface area contributed by atoms with E-state index in [9.17, 15) is 0 Å². The van der Waals surface area contributed by atoms with Crippen molar-refractivity contribution in [2.24, 2.45) is 0 Å². The zero-order chi connectivity index (χ0) is 14.8. The molecule has 0 atom stereocenters. The highest BCUT2D eigenvalue weighted by atomic mass is 35.5. The molecule has 108 valence electrons. The van der Waals surface area contributed by atoms with Crippen LogP contribution < -0.4 is 10.5 Å². The zero-order valence-electron chi connectivity index (χ0n) is 10.9. The number of aromatic nitrogens is 4. The van der Waals surface area contributed by atoms with E-state index in [0.717, 1.165) is 5.56 Å². The van der Waals surface area contributed by atoms with Crippen molar-refractivity contribution in [3.8, 4) is 17.3 Å². The number of nitrogens with two attached hydrogens (primary N) is 1. The zero-order valence-corrected chi connectivity index (χ0v) is 11.7. The fraction of sp³-hybridized carbons (Fsp3) is 0.167. The van der Waals surface area contributed by atoms with Crippen LogP contribution >= 0.6 is 11.6 Å². The maximum Gasteiger partial charge on any atom is 0.264 e. The Labute approximate surface area is 123 Å². The normalized spacial score (nSPS) is 10.8. The average Bonchev–Trinajstić information content (AvgIpc) is 3.06. The molecule has 0 aliphatic rings. The van der Waals surface area contributed by atoms with Crippen LogP contribution in [0.2, 0.25) is 5.02 Å². The van der Waals surface area contributed by atoms with E-state index in [4.69, 9.17) is 26.6 Å². The second kappa shape index (κ2) is 5.41. The molecule has 21 heavy (non-hydrogen) atoms. The fourth-order valence-corrected chi connectivity index (χ4v) is 1.90. The molecule has 2 N–H and O–H groups in total. The summed E-state index contributed by atoms with van der Waals surface area (Å²) >= 11 is 5.88. The van der Waals surface area contributed by atoms with E-state index >= 15 is 0 Å². The molecule has 8 nitrogen and oxygen atoms in total. The SMILES string of the molecule is Cc1cc(Cl)ccc1OCc1nc(-c2nonc2N)no1. The van der Waals surface area contributed by atoms with E-state index in [2.05, 4.69) is 25.1 Å². The standard InChI is InChI=1S/C12H10ClN5O3/c1-6-4-7(13)2-3-8(6)19-5-9-15-12(18-20-9)10-11(14)17-21-16-10/h2-4H,5H2,1H3,(H2,14,17). The first kappa shape index (κ1) is 13.4. The van der Waals surface area contributed by atoms with Gasteiger partial charge in [-0.2, -0.15) is 4.98 Å². The predicted molar refractivity (Wildman–Crippen MR) is 72.5 cm³/mol. The molecule has 9 heteroatoms. The van der Waals surface area contributed by atoms with E-state index in [0.29, 0.717) is 10.8 Å². The highest BCUT2D eigenvalue weighted by Crippen LogP contribution is 2.23. The molecule has 0 aliphatic carbocycles. The van der Waals surface area contributed by atoms with Gasteiger partial charge in [0.1, 0.15) is 5.75 Å². The third-order valence-electron chi connectivity index (χ3n) is 2.68. The number of benzene rings is 1. The molecule has 0 aliphatic heterocycles. The van der Waals surface area contributed by atoms with Gasteiger partial charge in [0.15, 0.2) is 18.1 Å². The average molecular weight is 308 g/mol. The molecule has 2 heterocycles. The van der Waals surface area contributed by atoms with Crippen LogP contribution in [0.15, 0.2) is 27.4 Å². The second-order valence-electron chi connectivity index (χ2n) is 4.21. The van der Waals surface area contributed by atoms with Gasteiger partial charge in [-0.3, -0.25) is 0 Å². The third kappa shape index (κ3) is 2.79. The molecule has 2 aromatic heterocycles. The maximum atomic E-state index is 5.88. The first-order chi connectivity index (χ1) is 10.1. The number of aryl methyl sites for hydroxylation is 1. The highest BCUT2D eigenvalue weighted by molar-refractivity contribution is 6.30. The number of hydrogen-bond donors (Lipinski definition) is 1. The predicted octanol–water partition coefficient (Wildman–Crippen LogP) is 2.24. The number of hydrogen-bond acceptors (Lipinski definition) is 8. The number of nitrogen functional groups attached to an aromatic ring is 1. The van der Waals surface area contributed by atoms with Crippen molar-refractivity contribution in [1.82, 2.24) is 20.5 Å². The monoisotopic (exact) mass is 307 g/mol. The van der Waals surface area contributed by atoms with Crippen LogP contribution in [0.3, 0.4) is 0 Å². The van der Waals surface area contributed by atoms with Crippen LogP contribution in [0.5, 0.6) is 5.75 Å². The Kier molecular flexibility index (Phi) is 3.44. The molecule has 0 unspecified atom stereocenters. The Morgan fingerprint density at radius 3 is 2.86 bits per heavy atom. The van der Waals surface area contributed by atoms with Gasteiger partial charge < -0.3 is 15.0 Å². The number of rotatable bonds is 4. The van der Waals surface area contributed by atoms with E-state index in [1.54, 1.807) is 18.2 Å². The summed E-state index contributed by atoms with van der Waals surface area (Å²) in [6.07, 6.45) is 0. The molecular formula is C12H10ClN5O3. The minimum Gasteiger partial charge on any atom is -0.483 e. The van der Waals surface area contributed by atoms with Crippen LogP contribution in [0, 0.1) is 6.92 Å². The lowest BCUT2D eigenvalue weighted by Crippen LogP contribution is -1.97. The van der Waals surface area contributed by atoms with E-state index in [1.807, 2.05) is 6.92 Å². The van der Waals surface area contributed by atoms with Gasteiger partial charge in [-0.25, -0.2) is 4.63 Å². The molecule has 3 rings (SSSR count). The number of halogens is 1. The molecule has 0 fully saturated rings. The van der Waals surface area contributed by atoms with Crippen LogP contribution in [-0.2, 0) is 6.61 Å². The van der Waals surface area contributed by atoms with Crippen molar-refractivity contribution in [3.63, 3.8) is 0 Å². The summed E-state index contributed by atoms with van der Waals surface area (Å²) in [6, 6.07) is 5.32. The van der Waals surface area contributed by atoms with Crippen molar-refractivity contribution in [3.05, 3.63) is 34.7 Å². The third-order valence-corrected chi connectivity index (χ3v) is 2.92. The van der Waals surface area contributed by atoms with Gasteiger partial charge in [-0.05, 0) is 41.0 Å².